The van der Waals surface area contributed by atoms with Crippen LogP contribution in [0.2, 0.25) is 0 Å². The third-order valence-electron chi connectivity index (χ3n) is 1.66. The highest BCUT2D eigenvalue weighted by atomic mass is 32.2. The molecule has 1 atom stereocenters. The molecule has 0 aromatic heterocycles. The molecule has 0 aliphatic rings. The van der Waals surface area contributed by atoms with E-state index in [9.17, 15) is 12.3 Å². The maximum atomic E-state index is 12.0. The van der Waals surface area contributed by atoms with Crippen molar-refractivity contribution >= 4 is 22.4 Å². The summed E-state index contributed by atoms with van der Waals surface area (Å²) in [4.78, 5) is 0. The SMILES string of the molecule is O=S=NCc1cccc(C/N=[SH](=O)/F)c1. The number of benzene rings is 1. The molecule has 1 aromatic carbocycles. The Morgan fingerprint density at radius 1 is 1.33 bits per heavy atom. The summed E-state index contributed by atoms with van der Waals surface area (Å²) in [5, 5.41) is 0. The molecule has 0 saturated heterocycles. The number of hydrogen-bond donors (Lipinski definition) is 1. The van der Waals surface area contributed by atoms with Crippen molar-refractivity contribution in [3.63, 3.8) is 0 Å². The summed E-state index contributed by atoms with van der Waals surface area (Å²) < 4.78 is 39.0. The minimum atomic E-state index is -2.95. The number of hydrogen-bond acceptors (Lipinski definition) is 4. The summed E-state index contributed by atoms with van der Waals surface area (Å²) in [6.07, 6.45) is 0. The van der Waals surface area contributed by atoms with Crippen molar-refractivity contribution in [3.8, 4) is 0 Å². The summed E-state index contributed by atoms with van der Waals surface area (Å²) in [5.74, 6) is 0. The maximum Gasteiger partial charge on any atom is 0.199 e. The minimum absolute atomic E-state index is 0.0735. The van der Waals surface area contributed by atoms with Gasteiger partial charge in [0.25, 0.3) is 0 Å². The van der Waals surface area contributed by atoms with E-state index in [4.69, 9.17) is 0 Å². The molecule has 1 rings (SSSR count). The van der Waals surface area contributed by atoms with Crippen molar-refractivity contribution in [2.45, 2.75) is 13.1 Å². The van der Waals surface area contributed by atoms with E-state index in [2.05, 4.69) is 8.73 Å². The van der Waals surface area contributed by atoms with Gasteiger partial charge in [0.15, 0.2) is 22.4 Å². The molecule has 4 nitrogen and oxygen atoms in total. The lowest BCUT2D eigenvalue weighted by atomic mass is 10.1. The molecule has 1 aromatic rings. The number of rotatable bonds is 4. The molecule has 0 radical (unpaired) electrons. The lowest BCUT2D eigenvalue weighted by Crippen LogP contribution is -1.85. The molecule has 0 N–H and O–H groups in total. The lowest BCUT2D eigenvalue weighted by Gasteiger charge is -1.98. The average Bonchev–Trinajstić information content (AvgIpc) is 2.24. The van der Waals surface area contributed by atoms with Gasteiger partial charge in [-0.25, -0.2) is 8.57 Å². The second-order valence-corrected chi connectivity index (χ2v) is 3.85. The largest absolute Gasteiger partial charge is 0.220 e. The predicted molar refractivity (Wildman–Crippen MR) is 57.5 cm³/mol. The van der Waals surface area contributed by atoms with Crippen molar-refractivity contribution < 1.29 is 12.3 Å². The summed E-state index contributed by atoms with van der Waals surface area (Å²) in [7, 11) is -2.95. The molecular weight excluding hydrogens is 239 g/mol. The first-order valence-electron chi connectivity index (χ1n) is 4.06. The highest BCUT2D eigenvalue weighted by Gasteiger charge is 1.94. The van der Waals surface area contributed by atoms with Gasteiger partial charge in [0.1, 0.15) is 0 Å². The fourth-order valence-corrected chi connectivity index (χ4v) is 1.54. The molecule has 0 amide bonds. The van der Waals surface area contributed by atoms with E-state index in [1.165, 1.54) is 0 Å². The zero-order valence-electron chi connectivity index (χ0n) is 7.67. The zero-order valence-corrected chi connectivity index (χ0v) is 9.38. The predicted octanol–water partition coefficient (Wildman–Crippen LogP) is 1.63. The van der Waals surface area contributed by atoms with Crippen LogP contribution in [-0.4, -0.2) is 8.42 Å². The molecule has 1 unspecified atom stereocenters. The van der Waals surface area contributed by atoms with Gasteiger partial charge in [-0.1, -0.05) is 24.3 Å². The standard InChI is InChI=1S/C8H9FN2O2S2/c9-15(13)11-6-8-3-1-2-7(4-8)5-10-14-12/h1-4,15H,5-6H2. The van der Waals surface area contributed by atoms with Gasteiger partial charge in [-0.05, 0) is 11.1 Å². The van der Waals surface area contributed by atoms with Gasteiger partial charge in [-0.2, -0.15) is 8.57 Å². The van der Waals surface area contributed by atoms with Crippen LogP contribution in [0, 0.1) is 0 Å². The van der Waals surface area contributed by atoms with Crippen LogP contribution in [0.15, 0.2) is 33.0 Å². The van der Waals surface area contributed by atoms with Gasteiger partial charge in [-0.15, -0.1) is 3.89 Å². The van der Waals surface area contributed by atoms with Crippen molar-refractivity contribution in [3.05, 3.63) is 35.4 Å². The van der Waals surface area contributed by atoms with Gasteiger partial charge >= 0.3 is 0 Å². The van der Waals surface area contributed by atoms with Crippen molar-refractivity contribution in [2.75, 3.05) is 0 Å². The molecule has 0 fully saturated rings. The maximum absolute atomic E-state index is 12.0. The van der Waals surface area contributed by atoms with Crippen LogP contribution in [0.4, 0.5) is 3.89 Å². The van der Waals surface area contributed by atoms with E-state index in [-0.39, 0.29) is 18.0 Å². The summed E-state index contributed by atoms with van der Waals surface area (Å²) in [6, 6.07) is 7.06. The van der Waals surface area contributed by atoms with Crippen LogP contribution in [0.1, 0.15) is 11.1 Å². The van der Waals surface area contributed by atoms with E-state index < -0.39 is 11.0 Å². The lowest BCUT2D eigenvalue weighted by molar-refractivity contribution is 0.654. The highest BCUT2D eigenvalue weighted by molar-refractivity contribution is 7.69. The summed E-state index contributed by atoms with van der Waals surface area (Å²) in [5.41, 5.74) is 1.60. The van der Waals surface area contributed by atoms with Crippen LogP contribution < -0.4 is 0 Å². The van der Waals surface area contributed by atoms with Gasteiger partial charge in [0.2, 0.25) is 0 Å². The van der Waals surface area contributed by atoms with E-state index in [0.717, 1.165) is 11.1 Å². The fraction of sp³-hybridized carbons (Fsp3) is 0.250. The molecule has 0 aliphatic carbocycles. The van der Waals surface area contributed by atoms with Crippen LogP contribution in [0.5, 0.6) is 0 Å². The molecule has 15 heavy (non-hydrogen) atoms. The first kappa shape index (κ1) is 12.0. The third-order valence-corrected chi connectivity index (χ3v) is 2.25. The molecule has 0 spiro atoms. The topological polar surface area (TPSA) is 58.9 Å². The van der Waals surface area contributed by atoms with Crippen LogP contribution in [0.25, 0.3) is 0 Å². The van der Waals surface area contributed by atoms with Crippen molar-refractivity contribution in [1.29, 1.82) is 0 Å². The molecule has 0 saturated carbocycles. The zero-order chi connectivity index (χ0) is 11.1. The van der Waals surface area contributed by atoms with E-state index in [1.54, 1.807) is 24.3 Å². The van der Waals surface area contributed by atoms with Crippen LogP contribution in [0.3, 0.4) is 0 Å². The minimum Gasteiger partial charge on any atom is -0.220 e. The second kappa shape index (κ2) is 6.41. The van der Waals surface area contributed by atoms with Gasteiger partial charge in [0.05, 0.1) is 13.1 Å². The Bertz CT molecular complexity index is 465. The monoisotopic (exact) mass is 248 g/mol. The Kier molecular flexibility index (Phi) is 5.13. The summed E-state index contributed by atoms with van der Waals surface area (Å²) in [6.45, 7) is 0.383. The molecular formula is C8H9FN2O2S2. The van der Waals surface area contributed by atoms with Gasteiger partial charge < -0.3 is 0 Å². The second-order valence-electron chi connectivity index (χ2n) is 2.71. The Balaban J connectivity index is 2.78. The normalized spacial score (nSPS) is 12.3. The first-order chi connectivity index (χ1) is 7.22. The molecule has 0 bridgehead atoms. The Morgan fingerprint density at radius 3 is 2.60 bits per heavy atom. The smallest absolute Gasteiger partial charge is 0.199 e. The van der Waals surface area contributed by atoms with Gasteiger partial charge in [0, 0.05) is 0 Å². The van der Waals surface area contributed by atoms with Crippen molar-refractivity contribution in [1.82, 2.24) is 0 Å². The Labute approximate surface area is 92.3 Å². The van der Waals surface area contributed by atoms with Crippen molar-refractivity contribution in [2.24, 2.45) is 8.73 Å². The highest BCUT2D eigenvalue weighted by Crippen LogP contribution is 2.07. The Hall–Kier alpha value is -1.08. The van der Waals surface area contributed by atoms with E-state index in [0.29, 0.717) is 6.54 Å². The number of halogens is 1. The molecule has 82 valence electrons. The molecule has 0 heterocycles. The van der Waals surface area contributed by atoms with E-state index in [1.807, 2.05) is 0 Å². The van der Waals surface area contributed by atoms with Gasteiger partial charge in [-0.3, -0.25) is 0 Å². The van der Waals surface area contributed by atoms with Crippen LogP contribution in [-0.2, 0) is 35.5 Å². The quantitative estimate of drug-likeness (QED) is 0.650. The Morgan fingerprint density at radius 2 is 2.00 bits per heavy atom. The average molecular weight is 248 g/mol. The molecule has 0 aliphatic heterocycles. The third kappa shape index (κ3) is 4.80. The van der Waals surface area contributed by atoms with E-state index >= 15 is 0 Å². The molecule has 7 heteroatoms. The summed E-state index contributed by atoms with van der Waals surface area (Å²) >= 11 is 0.165. The van der Waals surface area contributed by atoms with Crippen LogP contribution >= 0.6 is 0 Å². The number of nitrogens with zero attached hydrogens (tertiary/aromatic N) is 2. The fourth-order valence-electron chi connectivity index (χ4n) is 1.06. The number of thiol groups is 1. The first-order valence-corrected chi connectivity index (χ1v) is 5.86.